The first-order valence-corrected chi connectivity index (χ1v) is 9.38. The molecule has 1 rings (SSSR count). The topological polar surface area (TPSA) is 55.4 Å². The molecule has 26 heavy (non-hydrogen) atoms. The highest BCUT2D eigenvalue weighted by Gasteiger charge is 2.18. The van der Waals surface area contributed by atoms with Crippen molar-refractivity contribution in [3.63, 3.8) is 0 Å². The number of hydrogen-bond acceptors (Lipinski definition) is 3. The van der Waals surface area contributed by atoms with Gasteiger partial charge in [-0.1, -0.05) is 51.9 Å². The van der Waals surface area contributed by atoms with Gasteiger partial charge in [0.1, 0.15) is 6.04 Å². The molecule has 4 nitrogen and oxygen atoms in total. The lowest BCUT2D eigenvalue weighted by Crippen LogP contribution is -2.39. The second-order valence-corrected chi connectivity index (χ2v) is 6.47. The Labute approximate surface area is 154 Å². The summed E-state index contributed by atoms with van der Waals surface area (Å²) >= 11 is 0. The summed E-state index contributed by atoms with van der Waals surface area (Å²) in [6.45, 7) is 4.00. The molecule has 0 spiro atoms. The van der Waals surface area contributed by atoms with Crippen LogP contribution in [0.2, 0.25) is 0 Å². The van der Waals surface area contributed by atoms with Gasteiger partial charge in [-0.2, -0.15) is 0 Å². The molecule has 1 atom stereocenters. The summed E-state index contributed by atoms with van der Waals surface area (Å²) in [5.41, 5.74) is -0.0494. The number of carbonyl (C=O) groups excluding carboxylic acids is 2. The van der Waals surface area contributed by atoms with E-state index in [-0.39, 0.29) is 5.56 Å². The SMILES string of the molecule is CCCCCCCCCCOC(=O)C(C)NC(=O)c1ccc(F)c(F)c1. The van der Waals surface area contributed by atoms with Crippen LogP contribution < -0.4 is 5.32 Å². The zero-order valence-corrected chi connectivity index (χ0v) is 15.7. The molecule has 0 saturated heterocycles. The summed E-state index contributed by atoms with van der Waals surface area (Å²) in [7, 11) is 0. The molecule has 1 amide bonds. The van der Waals surface area contributed by atoms with E-state index >= 15 is 0 Å². The van der Waals surface area contributed by atoms with Crippen LogP contribution >= 0.6 is 0 Å². The summed E-state index contributed by atoms with van der Waals surface area (Å²) in [5.74, 6) is -3.33. The molecule has 0 saturated carbocycles. The largest absolute Gasteiger partial charge is 0.464 e. The van der Waals surface area contributed by atoms with Crippen molar-refractivity contribution in [1.29, 1.82) is 0 Å². The first-order valence-electron chi connectivity index (χ1n) is 9.38. The van der Waals surface area contributed by atoms with E-state index in [9.17, 15) is 18.4 Å². The van der Waals surface area contributed by atoms with Gasteiger partial charge in [-0.05, 0) is 31.5 Å². The Bertz CT molecular complexity index is 578. The van der Waals surface area contributed by atoms with Crippen LogP contribution in [0, 0.1) is 11.6 Å². The van der Waals surface area contributed by atoms with Crippen molar-refractivity contribution in [2.24, 2.45) is 0 Å². The van der Waals surface area contributed by atoms with Gasteiger partial charge < -0.3 is 10.1 Å². The standard InChI is InChI=1S/C20H29F2NO3/c1-3-4-5-6-7-8-9-10-13-26-20(25)15(2)23-19(24)16-11-12-17(21)18(22)14-16/h11-12,14-15H,3-10,13H2,1-2H3,(H,23,24). The van der Waals surface area contributed by atoms with Crippen molar-refractivity contribution >= 4 is 11.9 Å². The summed E-state index contributed by atoms with van der Waals surface area (Å²) in [5, 5.41) is 2.42. The summed E-state index contributed by atoms with van der Waals surface area (Å²) < 4.78 is 31.2. The molecule has 6 heteroatoms. The smallest absolute Gasteiger partial charge is 0.328 e. The van der Waals surface area contributed by atoms with Crippen LogP contribution in [-0.4, -0.2) is 24.5 Å². The van der Waals surface area contributed by atoms with Crippen LogP contribution in [0.5, 0.6) is 0 Å². The summed E-state index contributed by atoms with van der Waals surface area (Å²) in [4.78, 5) is 23.8. The molecule has 1 aromatic rings. The minimum absolute atomic E-state index is 0.0494. The van der Waals surface area contributed by atoms with Crippen molar-refractivity contribution in [3.8, 4) is 0 Å². The molecule has 0 aromatic heterocycles. The number of halogens is 2. The van der Waals surface area contributed by atoms with Gasteiger partial charge in [-0.25, -0.2) is 13.6 Å². The maximum atomic E-state index is 13.1. The lowest BCUT2D eigenvalue weighted by atomic mass is 10.1. The average molecular weight is 369 g/mol. The van der Waals surface area contributed by atoms with E-state index in [2.05, 4.69) is 12.2 Å². The van der Waals surface area contributed by atoms with Crippen LogP contribution in [-0.2, 0) is 9.53 Å². The number of hydrogen-bond donors (Lipinski definition) is 1. The highest BCUT2D eigenvalue weighted by Crippen LogP contribution is 2.10. The van der Waals surface area contributed by atoms with E-state index in [0.717, 1.165) is 37.5 Å². The van der Waals surface area contributed by atoms with Crippen molar-refractivity contribution in [1.82, 2.24) is 5.32 Å². The number of carbonyl (C=O) groups is 2. The van der Waals surface area contributed by atoms with Crippen LogP contribution in [0.25, 0.3) is 0 Å². The molecular weight excluding hydrogens is 340 g/mol. The monoisotopic (exact) mass is 369 g/mol. The Morgan fingerprint density at radius 2 is 1.62 bits per heavy atom. The molecule has 146 valence electrons. The minimum atomic E-state index is -1.11. The molecule has 0 heterocycles. The Balaban J connectivity index is 2.20. The molecule has 0 radical (unpaired) electrons. The number of esters is 1. The van der Waals surface area contributed by atoms with E-state index in [0.29, 0.717) is 6.61 Å². The zero-order valence-electron chi connectivity index (χ0n) is 15.7. The predicted molar refractivity (Wildman–Crippen MR) is 96.9 cm³/mol. The van der Waals surface area contributed by atoms with Crippen molar-refractivity contribution in [2.45, 2.75) is 71.3 Å². The first-order chi connectivity index (χ1) is 12.5. The van der Waals surface area contributed by atoms with E-state index in [1.165, 1.54) is 39.0 Å². The van der Waals surface area contributed by atoms with Gasteiger partial charge in [0.15, 0.2) is 11.6 Å². The lowest BCUT2D eigenvalue weighted by Gasteiger charge is -2.13. The third-order valence-electron chi connectivity index (χ3n) is 4.13. The molecular formula is C20H29F2NO3. The molecule has 0 aliphatic carbocycles. The maximum Gasteiger partial charge on any atom is 0.328 e. The van der Waals surface area contributed by atoms with Gasteiger partial charge in [-0.3, -0.25) is 4.79 Å². The second kappa shape index (κ2) is 12.4. The molecule has 1 N–H and O–H groups in total. The quantitative estimate of drug-likeness (QED) is 0.427. The van der Waals surface area contributed by atoms with E-state index < -0.39 is 29.6 Å². The van der Waals surface area contributed by atoms with Crippen LogP contribution in [0.1, 0.15) is 75.6 Å². The van der Waals surface area contributed by atoms with E-state index in [1.807, 2.05) is 0 Å². The van der Waals surface area contributed by atoms with Crippen LogP contribution in [0.3, 0.4) is 0 Å². The molecule has 0 bridgehead atoms. The Morgan fingerprint density at radius 1 is 1.00 bits per heavy atom. The maximum absolute atomic E-state index is 13.1. The zero-order chi connectivity index (χ0) is 19.4. The van der Waals surface area contributed by atoms with Gasteiger partial charge in [0.05, 0.1) is 6.61 Å². The van der Waals surface area contributed by atoms with Crippen molar-refractivity contribution in [2.75, 3.05) is 6.61 Å². The predicted octanol–water partition coefficient (Wildman–Crippen LogP) is 4.77. The first kappa shape index (κ1) is 22.1. The normalized spacial score (nSPS) is 11.8. The number of amides is 1. The Hall–Kier alpha value is -1.98. The molecule has 0 aliphatic heterocycles. The summed E-state index contributed by atoms with van der Waals surface area (Å²) in [6.07, 6.45) is 9.19. The number of rotatable bonds is 12. The van der Waals surface area contributed by atoms with Crippen LogP contribution in [0.15, 0.2) is 18.2 Å². The van der Waals surface area contributed by atoms with Gasteiger partial charge in [0.25, 0.3) is 5.91 Å². The molecule has 0 fully saturated rings. The van der Waals surface area contributed by atoms with Crippen LogP contribution in [0.4, 0.5) is 8.78 Å². The minimum Gasteiger partial charge on any atom is -0.464 e. The highest BCUT2D eigenvalue weighted by atomic mass is 19.2. The third-order valence-corrected chi connectivity index (χ3v) is 4.13. The number of nitrogens with one attached hydrogen (secondary N) is 1. The lowest BCUT2D eigenvalue weighted by molar-refractivity contribution is -0.145. The number of unbranched alkanes of at least 4 members (excludes halogenated alkanes) is 7. The van der Waals surface area contributed by atoms with E-state index in [1.54, 1.807) is 0 Å². The number of ether oxygens (including phenoxy) is 1. The van der Waals surface area contributed by atoms with Gasteiger partial charge >= 0.3 is 5.97 Å². The van der Waals surface area contributed by atoms with Gasteiger partial charge in [0.2, 0.25) is 0 Å². The Kier molecular flexibility index (Phi) is 10.5. The van der Waals surface area contributed by atoms with Gasteiger partial charge in [0, 0.05) is 5.56 Å². The van der Waals surface area contributed by atoms with E-state index in [4.69, 9.17) is 4.74 Å². The fourth-order valence-electron chi connectivity index (χ4n) is 2.51. The third kappa shape index (κ3) is 8.41. The number of benzene rings is 1. The average Bonchev–Trinajstić information content (AvgIpc) is 2.62. The molecule has 1 unspecified atom stereocenters. The molecule has 1 aromatic carbocycles. The Morgan fingerprint density at radius 3 is 2.23 bits per heavy atom. The fraction of sp³-hybridized carbons (Fsp3) is 0.600. The highest BCUT2D eigenvalue weighted by molar-refractivity contribution is 5.96. The van der Waals surface area contributed by atoms with Crippen molar-refractivity contribution in [3.05, 3.63) is 35.4 Å². The van der Waals surface area contributed by atoms with Gasteiger partial charge in [-0.15, -0.1) is 0 Å². The second-order valence-electron chi connectivity index (χ2n) is 6.47. The fourth-order valence-corrected chi connectivity index (χ4v) is 2.51. The van der Waals surface area contributed by atoms with Crippen molar-refractivity contribution < 1.29 is 23.1 Å². The molecule has 0 aliphatic rings. The summed E-state index contributed by atoms with van der Waals surface area (Å²) in [6, 6.07) is 1.97.